The Bertz CT molecular complexity index is 617. The molecular weight excluding hydrogens is 270 g/mol. The number of aryl methyl sites for hydroxylation is 1. The minimum atomic E-state index is 0.123. The molecular formula is C15H21N3OS. The van der Waals surface area contributed by atoms with E-state index in [-0.39, 0.29) is 5.91 Å². The molecule has 108 valence electrons. The fourth-order valence-electron chi connectivity index (χ4n) is 2.40. The highest BCUT2D eigenvalue weighted by atomic mass is 32.1. The SMILES string of the molecule is CCN(CC)C(=O)Cn1c(CS)nc2cc(C)ccc21. The van der Waals surface area contributed by atoms with Gasteiger partial charge in [-0.15, -0.1) is 0 Å². The maximum Gasteiger partial charge on any atom is 0.242 e. The summed E-state index contributed by atoms with van der Waals surface area (Å²) in [6, 6.07) is 6.12. The number of amides is 1. The van der Waals surface area contributed by atoms with Gasteiger partial charge in [-0.25, -0.2) is 4.98 Å². The maximum absolute atomic E-state index is 12.3. The van der Waals surface area contributed by atoms with Gasteiger partial charge in [0.15, 0.2) is 0 Å². The predicted octanol–water partition coefficient (Wildman–Crippen LogP) is 2.64. The Hall–Kier alpha value is -1.49. The molecule has 4 nitrogen and oxygen atoms in total. The molecule has 0 aliphatic rings. The van der Waals surface area contributed by atoms with Gasteiger partial charge in [-0.05, 0) is 38.5 Å². The number of nitrogens with zero attached hydrogens (tertiary/aromatic N) is 3. The van der Waals surface area contributed by atoms with E-state index in [1.807, 2.05) is 48.4 Å². The number of rotatable bonds is 5. The van der Waals surface area contributed by atoms with Crippen LogP contribution in [0.2, 0.25) is 0 Å². The van der Waals surface area contributed by atoms with Crippen LogP contribution in [-0.4, -0.2) is 33.4 Å². The van der Waals surface area contributed by atoms with Gasteiger partial charge < -0.3 is 9.47 Å². The maximum atomic E-state index is 12.3. The molecule has 5 heteroatoms. The summed E-state index contributed by atoms with van der Waals surface area (Å²) in [5, 5.41) is 0. The quantitative estimate of drug-likeness (QED) is 0.860. The van der Waals surface area contributed by atoms with Crippen LogP contribution < -0.4 is 0 Å². The van der Waals surface area contributed by atoms with Gasteiger partial charge in [-0.2, -0.15) is 12.6 Å². The van der Waals surface area contributed by atoms with E-state index >= 15 is 0 Å². The summed E-state index contributed by atoms with van der Waals surface area (Å²) in [6.45, 7) is 7.83. The fourth-order valence-corrected chi connectivity index (χ4v) is 2.64. The molecule has 1 aromatic carbocycles. The molecule has 0 saturated carbocycles. The monoisotopic (exact) mass is 291 g/mol. The van der Waals surface area contributed by atoms with Gasteiger partial charge in [0.1, 0.15) is 12.4 Å². The minimum absolute atomic E-state index is 0.123. The van der Waals surface area contributed by atoms with Crippen molar-refractivity contribution in [2.45, 2.75) is 33.1 Å². The van der Waals surface area contributed by atoms with Crippen molar-refractivity contribution in [3.8, 4) is 0 Å². The van der Waals surface area contributed by atoms with Gasteiger partial charge >= 0.3 is 0 Å². The van der Waals surface area contributed by atoms with Gasteiger partial charge in [0.25, 0.3) is 0 Å². The second-order valence-electron chi connectivity index (χ2n) is 4.83. The molecule has 0 fully saturated rings. The molecule has 2 aromatic rings. The molecule has 0 unspecified atom stereocenters. The summed E-state index contributed by atoms with van der Waals surface area (Å²) in [5.41, 5.74) is 3.10. The molecule has 0 bridgehead atoms. The first-order chi connectivity index (χ1) is 9.60. The third kappa shape index (κ3) is 2.82. The molecule has 0 saturated heterocycles. The van der Waals surface area contributed by atoms with E-state index in [0.29, 0.717) is 12.3 Å². The largest absolute Gasteiger partial charge is 0.342 e. The molecule has 1 amide bonds. The zero-order chi connectivity index (χ0) is 14.7. The first-order valence-corrected chi connectivity index (χ1v) is 7.58. The van der Waals surface area contributed by atoms with Crippen LogP contribution in [0, 0.1) is 6.92 Å². The Kier molecular flexibility index (Phi) is 4.70. The predicted molar refractivity (Wildman–Crippen MR) is 85.1 cm³/mol. The molecule has 0 aliphatic heterocycles. The number of thiol groups is 1. The Morgan fingerprint density at radius 3 is 2.65 bits per heavy atom. The van der Waals surface area contributed by atoms with Crippen molar-refractivity contribution >= 4 is 29.6 Å². The number of carbonyl (C=O) groups excluding carboxylic acids is 1. The zero-order valence-electron chi connectivity index (χ0n) is 12.3. The van der Waals surface area contributed by atoms with E-state index in [1.54, 1.807) is 0 Å². The molecule has 1 aromatic heterocycles. The van der Waals surface area contributed by atoms with Crippen LogP contribution in [0.15, 0.2) is 18.2 Å². The Balaban J connectivity index is 2.40. The van der Waals surface area contributed by atoms with E-state index in [0.717, 1.165) is 29.9 Å². The van der Waals surface area contributed by atoms with Crippen LogP contribution in [0.5, 0.6) is 0 Å². The summed E-state index contributed by atoms with van der Waals surface area (Å²) < 4.78 is 1.97. The summed E-state index contributed by atoms with van der Waals surface area (Å²) in [6.07, 6.45) is 0. The second-order valence-corrected chi connectivity index (χ2v) is 5.15. The van der Waals surface area contributed by atoms with E-state index < -0.39 is 0 Å². The minimum Gasteiger partial charge on any atom is -0.342 e. The van der Waals surface area contributed by atoms with Crippen LogP contribution in [0.1, 0.15) is 25.2 Å². The lowest BCUT2D eigenvalue weighted by Gasteiger charge is -2.19. The number of imidazole rings is 1. The lowest BCUT2D eigenvalue weighted by molar-refractivity contribution is -0.131. The molecule has 1 heterocycles. The van der Waals surface area contributed by atoms with Crippen LogP contribution in [0.25, 0.3) is 11.0 Å². The number of benzene rings is 1. The van der Waals surface area contributed by atoms with Gasteiger partial charge in [0.05, 0.1) is 11.0 Å². The Morgan fingerprint density at radius 2 is 2.05 bits per heavy atom. The van der Waals surface area contributed by atoms with E-state index in [4.69, 9.17) is 0 Å². The van der Waals surface area contributed by atoms with Crippen molar-refractivity contribution in [2.75, 3.05) is 13.1 Å². The van der Waals surface area contributed by atoms with Crippen LogP contribution in [-0.2, 0) is 17.1 Å². The van der Waals surface area contributed by atoms with Gasteiger partial charge in [-0.3, -0.25) is 4.79 Å². The molecule has 0 radical (unpaired) electrons. The molecule has 0 N–H and O–H groups in total. The standard InChI is InChI=1S/C15H21N3OS/c1-4-17(5-2)15(19)9-18-13-7-6-11(3)8-12(13)16-14(18)10-20/h6-8,20H,4-5,9-10H2,1-3H3. The average molecular weight is 291 g/mol. The van der Waals surface area contributed by atoms with Crippen molar-refractivity contribution in [3.05, 3.63) is 29.6 Å². The summed E-state index contributed by atoms with van der Waals surface area (Å²) >= 11 is 4.33. The van der Waals surface area contributed by atoms with E-state index in [1.165, 1.54) is 5.56 Å². The highest BCUT2D eigenvalue weighted by Gasteiger charge is 2.15. The highest BCUT2D eigenvalue weighted by Crippen LogP contribution is 2.19. The molecule has 20 heavy (non-hydrogen) atoms. The van der Waals surface area contributed by atoms with E-state index in [9.17, 15) is 4.79 Å². The van der Waals surface area contributed by atoms with E-state index in [2.05, 4.69) is 17.6 Å². The second kappa shape index (κ2) is 6.31. The molecule has 0 aliphatic carbocycles. The molecule has 0 spiro atoms. The Labute approximate surface area is 125 Å². The third-order valence-corrected chi connectivity index (χ3v) is 3.82. The van der Waals surface area contributed by atoms with Crippen LogP contribution in [0.3, 0.4) is 0 Å². The highest BCUT2D eigenvalue weighted by molar-refractivity contribution is 7.79. The van der Waals surface area contributed by atoms with Crippen molar-refractivity contribution in [2.24, 2.45) is 0 Å². The fraction of sp³-hybridized carbons (Fsp3) is 0.467. The Morgan fingerprint density at radius 1 is 1.35 bits per heavy atom. The van der Waals surface area contributed by atoms with Crippen LogP contribution >= 0.6 is 12.6 Å². The lowest BCUT2D eigenvalue weighted by atomic mass is 10.2. The average Bonchev–Trinajstić information content (AvgIpc) is 2.77. The number of hydrogen-bond donors (Lipinski definition) is 1. The van der Waals surface area contributed by atoms with Crippen LogP contribution in [0.4, 0.5) is 0 Å². The topological polar surface area (TPSA) is 38.1 Å². The first-order valence-electron chi connectivity index (χ1n) is 6.95. The van der Waals surface area contributed by atoms with Crippen molar-refractivity contribution in [3.63, 3.8) is 0 Å². The number of carbonyl (C=O) groups is 1. The summed E-state index contributed by atoms with van der Waals surface area (Å²) in [4.78, 5) is 18.7. The van der Waals surface area contributed by atoms with Gasteiger partial charge in [0, 0.05) is 18.8 Å². The first kappa shape index (κ1) is 14.9. The molecule has 2 rings (SSSR count). The zero-order valence-corrected chi connectivity index (χ0v) is 13.2. The summed E-state index contributed by atoms with van der Waals surface area (Å²) in [7, 11) is 0. The number of aromatic nitrogens is 2. The molecule has 0 atom stereocenters. The van der Waals surface area contributed by atoms with Crippen molar-refractivity contribution < 1.29 is 4.79 Å². The lowest BCUT2D eigenvalue weighted by Crippen LogP contribution is -2.33. The normalized spacial score (nSPS) is 11.0. The van der Waals surface area contributed by atoms with Gasteiger partial charge in [-0.1, -0.05) is 6.07 Å². The number of hydrogen-bond acceptors (Lipinski definition) is 3. The summed E-state index contributed by atoms with van der Waals surface area (Å²) in [5.74, 6) is 1.49. The smallest absolute Gasteiger partial charge is 0.242 e. The van der Waals surface area contributed by atoms with Gasteiger partial charge in [0.2, 0.25) is 5.91 Å². The number of fused-ring (bicyclic) bond motifs is 1. The number of likely N-dealkylation sites (N-methyl/N-ethyl adjacent to an activating group) is 1. The third-order valence-electron chi connectivity index (χ3n) is 3.53. The van der Waals surface area contributed by atoms with Crippen molar-refractivity contribution in [1.29, 1.82) is 0 Å². The van der Waals surface area contributed by atoms with Crippen molar-refractivity contribution in [1.82, 2.24) is 14.5 Å².